The number of nitrogens with zero attached hydrogens (tertiary/aromatic N) is 1. The van der Waals surface area contributed by atoms with Gasteiger partial charge in [0.25, 0.3) is 0 Å². The highest BCUT2D eigenvalue weighted by atomic mass is 16.5. The fourth-order valence-electron chi connectivity index (χ4n) is 3.29. The summed E-state index contributed by atoms with van der Waals surface area (Å²) in [7, 11) is 0. The first kappa shape index (κ1) is 17.0. The van der Waals surface area contributed by atoms with E-state index in [1.165, 1.54) is 51.4 Å². The third-order valence-corrected chi connectivity index (χ3v) is 4.25. The zero-order valence-electron chi connectivity index (χ0n) is 13.7. The lowest BCUT2D eigenvalue weighted by atomic mass is 9.99. The molecule has 2 unspecified atom stereocenters. The van der Waals surface area contributed by atoms with Gasteiger partial charge in [-0.2, -0.15) is 0 Å². The van der Waals surface area contributed by atoms with Crippen molar-refractivity contribution in [3.63, 3.8) is 0 Å². The van der Waals surface area contributed by atoms with E-state index in [0.717, 1.165) is 19.1 Å². The molecule has 1 fully saturated rings. The summed E-state index contributed by atoms with van der Waals surface area (Å²) in [6, 6.07) is 0.798. The second-order valence-electron chi connectivity index (χ2n) is 6.36. The second-order valence-corrected chi connectivity index (χ2v) is 6.36. The summed E-state index contributed by atoms with van der Waals surface area (Å²) in [6.07, 6.45) is 11.8. The Kier molecular flexibility index (Phi) is 8.72. The smallest absolute Gasteiger partial charge is 0.0678 e. The molecule has 2 heteroatoms. The Morgan fingerprint density at radius 1 is 0.895 bits per heavy atom. The van der Waals surface area contributed by atoms with Crippen LogP contribution in [0.1, 0.15) is 79.1 Å². The lowest BCUT2D eigenvalue weighted by molar-refractivity contribution is -0.0824. The average molecular weight is 269 g/mol. The van der Waals surface area contributed by atoms with Crippen molar-refractivity contribution in [2.75, 3.05) is 13.1 Å². The Hall–Kier alpha value is -0.0800. The van der Waals surface area contributed by atoms with Crippen molar-refractivity contribution in [3.05, 3.63) is 0 Å². The number of unbranched alkanes of at least 4 members (excludes halogenated alkanes) is 4. The molecule has 2 nitrogen and oxygen atoms in total. The highest BCUT2D eigenvalue weighted by Gasteiger charge is 2.27. The number of morpholine rings is 1. The van der Waals surface area contributed by atoms with E-state index in [1.54, 1.807) is 0 Å². The van der Waals surface area contributed by atoms with Crippen LogP contribution >= 0.6 is 0 Å². The summed E-state index contributed by atoms with van der Waals surface area (Å²) in [5, 5.41) is 0. The summed E-state index contributed by atoms with van der Waals surface area (Å²) in [5.74, 6) is 0. The van der Waals surface area contributed by atoms with Crippen LogP contribution in [0.5, 0.6) is 0 Å². The zero-order valence-corrected chi connectivity index (χ0v) is 13.7. The van der Waals surface area contributed by atoms with E-state index < -0.39 is 0 Å². The van der Waals surface area contributed by atoms with Crippen LogP contribution < -0.4 is 0 Å². The molecular formula is C17H35NO. The first-order valence-electron chi connectivity index (χ1n) is 8.56. The van der Waals surface area contributed by atoms with E-state index in [2.05, 4.69) is 32.6 Å². The SMILES string of the molecule is CCCCCC(CCCCC)N1CC(C)OC(C)C1. The average Bonchev–Trinajstić information content (AvgIpc) is 2.36. The van der Waals surface area contributed by atoms with Crippen LogP contribution in [0.2, 0.25) is 0 Å². The molecule has 1 heterocycles. The molecule has 1 aliphatic rings. The Bertz CT molecular complexity index is 199. The molecule has 0 aliphatic carbocycles. The standard InChI is InChI=1S/C17H35NO/c1-5-7-9-11-17(12-10-8-6-2)18-13-15(3)19-16(4)14-18/h15-17H,5-14H2,1-4H3. The molecule has 0 bridgehead atoms. The molecule has 1 aliphatic heterocycles. The van der Waals surface area contributed by atoms with Gasteiger partial charge in [0.05, 0.1) is 12.2 Å². The van der Waals surface area contributed by atoms with Gasteiger partial charge in [-0.05, 0) is 26.7 Å². The van der Waals surface area contributed by atoms with Crippen molar-refractivity contribution in [1.29, 1.82) is 0 Å². The summed E-state index contributed by atoms with van der Waals surface area (Å²) in [5.41, 5.74) is 0. The molecule has 1 saturated heterocycles. The topological polar surface area (TPSA) is 12.5 Å². The van der Waals surface area contributed by atoms with Gasteiger partial charge in [-0.25, -0.2) is 0 Å². The molecular weight excluding hydrogens is 234 g/mol. The van der Waals surface area contributed by atoms with Gasteiger partial charge in [0, 0.05) is 19.1 Å². The zero-order chi connectivity index (χ0) is 14.1. The quantitative estimate of drug-likeness (QED) is 0.566. The van der Waals surface area contributed by atoms with Crippen molar-refractivity contribution >= 4 is 0 Å². The van der Waals surface area contributed by atoms with Crippen LogP contribution in [0, 0.1) is 0 Å². The van der Waals surface area contributed by atoms with E-state index in [1.807, 2.05) is 0 Å². The summed E-state index contributed by atoms with van der Waals surface area (Å²) >= 11 is 0. The maximum absolute atomic E-state index is 5.88. The van der Waals surface area contributed by atoms with E-state index in [0.29, 0.717) is 12.2 Å². The predicted octanol–water partition coefficient (Wildman–Crippen LogP) is 4.62. The van der Waals surface area contributed by atoms with Crippen LogP contribution in [0.25, 0.3) is 0 Å². The number of ether oxygens (including phenoxy) is 1. The van der Waals surface area contributed by atoms with Gasteiger partial charge in [0.1, 0.15) is 0 Å². The van der Waals surface area contributed by atoms with Gasteiger partial charge in [0.2, 0.25) is 0 Å². The molecule has 0 spiro atoms. The highest BCUT2D eigenvalue weighted by Crippen LogP contribution is 2.21. The first-order valence-corrected chi connectivity index (χ1v) is 8.56. The summed E-state index contributed by atoms with van der Waals surface area (Å²) < 4.78 is 5.88. The lowest BCUT2D eigenvalue weighted by Gasteiger charge is -2.40. The predicted molar refractivity (Wildman–Crippen MR) is 83.7 cm³/mol. The Labute approximate surface area is 120 Å². The maximum Gasteiger partial charge on any atom is 0.0678 e. The highest BCUT2D eigenvalue weighted by molar-refractivity contribution is 4.80. The minimum absolute atomic E-state index is 0.406. The molecule has 19 heavy (non-hydrogen) atoms. The monoisotopic (exact) mass is 269 g/mol. The first-order chi connectivity index (χ1) is 9.17. The molecule has 114 valence electrons. The molecule has 0 aromatic heterocycles. The van der Waals surface area contributed by atoms with Crippen molar-refractivity contribution in [2.24, 2.45) is 0 Å². The van der Waals surface area contributed by atoms with Crippen molar-refractivity contribution < 1.29 is 4.74 Å². The number of hydrogen-bond donors (Lipinski definition) is 0. The largest absolute Gasteiger partial charge is 0.373 e. The van der Waals surface area contributed by atoms with Gasteiger partial charge < -0.3 is 4.74 Å². The van der Waals surface area contributed by atoms with E-state index in [4.69, 9.17) is 4.74 Å². The van der Waals surface area contributed by atoms with E-state index in [-0.39, 0.29) is 0 Å². The fourth-order valence-corrected chi connectivity index (χ4v) is 3.29. The number of rotatable bonds is 9. The minimum Gasteiger partial charge on any atom is -0.373 e. The number of hydrogen-bond acceptors (Lipinski definition) is 2. The molecule has 0 aromatic carbocycles. The molecule has 0 saturated carbocycles. The van der Waals surface area contributed by atoms with E-state index >= 15 is 0 Å². The normalized spacial score (nSPS) is 25.1. The lowest BCUT2D eigenvalue weighted by Crippen LogP contribution is -2.50. The molecule has 1 rings (SSSR count). The molecule has 0 amide bonds. The summed E-state index contributed by atoms with van der Waals surface area (Å²) in [6.45, 7) is 11.3. The van der Waals surface area contributed by atoms with Gasteiger partial charge in [-0.3, -0.25) is 4.90 Å². The second kappa shape index (κ2) is 9.77. The summed E-state index contributed by atoms with van der Waals surface area (Å²) in [4.78, 5) is 2.71. The van der Waals surface area contributed by atoms with Gasteiger partial charge in [0.15, 0.2) is 0 Å². The minimum atomic E-state index is 0.406. The maximum atomic E-state index is 5.88. The molecule has 0 aromatic rings. The third-order valence-electron chi connectivity index (χ3n) is 4.25. The van der Waals surface area contributed by atoms with Crippen LogP contribution in [0.3, 0.4) is 0 Å². The molecule has 2 atom stereocenters. The van der Waals surface area contributed by atoms with Crippen LogP contribution in [0.4, 0.5) is 0 Å². The third kappa shape index (κ3) is 6.76. The van der Waals surface area contributed by atoms with Crippen molar-refractivity contribution in [2.45, 2.75) is 97.3 Å². The van der Waals surface area contributed by atoms with Crippen LogP contribution in [0.15, 0.2) is 0 Å². The Morgan fingerprint density at radius 2 is 1.37 bits per heavy atom. The Balaban J connectivity index is 2.44. The van der Waals surface area contributed by atoms with Gasteiger partial charge >= 0.3 is 0 Å². The van der Waals surface area contributed by atoms with Gasteiger partial charge in [-0.15, -0.1) is 0 Å². The van der Waals surface area contributed by atoms with Gasteiger partial charge in [-0.1, -0.05) is 52.4 Å². The van der Waals surface area contributed by atoms with Crippen molar-refractivity contribution in [1.82, 2.24) is 4.90 Å². The van der Waals surface area contributed by atoms with Crippen LogP contribution in [-0.2, 0) is 4.74 Å². The molecule has 0 radical (unpaired) electrons. The van der Waals surface area contributed by atoms with Crippen LogP contribution in [-0.4, -0.2) is 36.2 Å². The Morgan fingerprint density at radius 3 is 1.79 bits per heavy atom. The fraction of sp³-hybridized carbons (Fsp3) is 1.00. The molecule has 0 N–H and O–H groups in total. The van der Waals surface area contributed by atoms with Crippen molar-refractivity contribution in [3.8, 4) is 0 Å². The van der Waals surface area contributed by atoms with E-state index in [9.17, 15) is 0 Å².